The van der Waals surface area contributed by atoms with Crippen molar-refractivity contribution in [2.45, 2.75) is 9.79 Å². The number of Topliss-reactive ketones (excluding diaryl/α,β-unsaturated/α-hetero) is 1. The second-order valence-corrected chi connectivity index (χ2v) is 13.8. The van der Waals surface area contributed by atoms with E-state index < -0.39 is 47.1 Å². The first-order chi connectivity index (χ1) is 24.2. The molecule has 17 heteroatoms. The summed E-state index contributed by atoms with van der Waals surface area (Å²) in [5.74, 6) is -0.476. The fourth-order valence-corrected chi connectivity index (χ4v) is 6.91. The Hall–Kier alpha value is -6.14. The average molecular weight is 730 g/mol. The van der Waals surface area contributed by atoms with Crippen molar-refractivity contribution in [2.75, 3.05) is 30.8 Å². The monoisotopic (exact) mass is 729 g/mol. The minimum absolute atomic E-state index is 0.238. The predicted molar refractivity (Wildman–Crippen MR) is 191 cm³/mol. The van der Waals surface area contributed by atoms with E-state index in [4.69, 9.17) is 15.2 Å². The van der Waals surface area contributed by atoms with Gasteiger partial charge >= 0.3 is 0 Å². The third-order valence-electron chi connectivity index (χ3n) is 7.94. The largest absolute Gasteiger partial charge is 0.494 e. The van der Waals surface area contributed by atoms with Crippen molar-refractivity contribution in [2.24, 2.45) is 10.2 Å². The highest BCUT2D eigenvalue weighted by Crippen LogP contribution is 2.37. The lowest BCUT2D eigenvalue weighted by Gasteiger charge is -2.18. The van der Waals surface area contributed by atoms with Crippen LogP contribution in [0.2, 0.25) is 0 Å². The molecule has 0 saturated heterocycles. The van der Waals surface area contributed by atoms with Crippen molar-refractivity contribution in [1.82, 2.24) is 0 Å². The standard InChI is InChI=1S/C34H27N5O10S2/c1-48-27-15-19(20-8-12-24(28(16-20)49-2)37-39-33-21-6-4-3-5-18(21)9-14-26(33)40)7-11-23(27)36-38-25-13-10-22-29(50(42,43)44)17-30(51(45,46)47)32(35)31(22)34(25)41/h3-17,36-37H,35H2,1-2H3,(H,42,43,44)(H,45,46,47)/b38-25-,39-33+. The van der Waals surface area contributed by atoms with E-state index in [0.717, 1.165) is 23.3 Å². The zero-order valence-electron chi connectivity index (χ0n) is 26.6. The number of fused-ring (bicyclic) bond motifs is 2. The van der Waals surface area contributed by atoms with Gasteiger partial charge in [0, 0.05) is 11.1 Å². The average Bonchev–Trinajstić information content (AvgIpc) is 3.09. The molecule has 4 aromatic rings. The van der Waals surface area contributed by atoms with Crippen molar-refractivity contribution < 1.29 is 45.0 Å². The first kappa shape index (κ1) is 34.7. The highest BCUT2D eigenvalue weighted by Gasteiger charge is 2.33. The van der Waals surface area contributed by atoms with Crippen LogP contribution in [0.3, 0.4) is 0 Å². The van der Waals surface area contributed by atoms with Gasteiger partial charge in [0.05, 0.1) is 36.8 Å². The maximum atomic E-state index is 13.4. The van der Waals surface area contributed by atoms with Crippen LogP contribution < -0.4 is 26.1 Å². The number of methoxy groups -OCH3 is 2. The van der Waals surface area contributed by atoms with Crippen LogP contribution in [0.1, 0.15) is 27.0 Å². The summed E-state index contributed by atoms with van der Waals surface area (Å²) < 4.78 is 78.2. The molecule has 0 aromatic heterocycles. The van der Waals surface area contributed by atoms with Gasteiger partial charge < -0.3 is 15.2 Å². The fourth-order valence-electron chi connectivity index (χ4n) is 5.47. The van der Waals surface area contributed by atoms with Crippen LogP contribution in [0.4, 0.5) is 17.1 Å². The lowest BCUT2D eigenvalue weighted by molar-refractivity contribution is -0.108. The van der Waals surface area contributed by atoms with Gasteiger partial charge in [-0.1, -0.05) is 48.6 Å². The van der Waals surface area contributed by atoms with E-state index >= 15 is 0 Å². The number of ketones is 2. The molecule has 0 spiro atoms. The summed E-state index contributed by atoms with van der Waals surface area (Å²) in [6.45, 7) is 0. The smallest absolute Gasteiger partial charge is 0.296 e. The van der Waals surface area contributed by atoms with Crippen LogP contribution in [0.15, 0.2) is 98.9 Å². The number of nitrogen functional groups attached to an aromatic ring is 1. The van der Waals surface area contributed by atoms with E-state index in [1.54, 1.807) is 42.5 Å². The molecule has 2 aliphatic rings. The third-order valence-corrected chi connectivity index (χ3v) is 9.73. The molecular weight excluding hydrogens is 703 g/mol. The van der Waals surface area contributed by atoms with Crippen LogP contribution in [-0.2, 0) is 25.0 Å². The molecule has 260 valence electrons. The van der Waals surface area contributed by atoms with Gasteiger partial charge in [-0.25, -0.2) is 0 Å². The SMILES string of the molecule is COc1cc(-c2ccc(N/N=C3/C(=O)C=Cc4ccccc43)c(OC)c2)ccc1N/N=C1/C=Cc2c(S(=O)(=O)O)cc(S(=O)(=O)O)c(N)c2C1=O. The van der Waals surface area contributed by atoms with E-state index in [9.17, 15) is 35.5 Å². The lowest BCUT2D eigenvalue weighted by Crippen LogP contribution is -2.23. The van der Waals surface area contributed by atoms with Crippen molar-refractivity contribution >= 4 is 72.4 Å². The number of nitrogens with one attached hydrogen (secondary N) is 2. The maximum Gasteiger partial charge on any atom is 0.296 e. The van der Waals surface area contributed by atoms with Gasteiger partial charge in [-0.15, -0.1) is 0 Å². The Morgan fingerprint density at radius 3 is 1.88 bits per heavy atom. The van der Waals surface area contributed by atoms with Gasteiger partial charge in [-0.2, -0.15) is 27.0 Å². The van der Waals surface area contributed by atoms with Crippen molar-refractivity contribution in [3.63, 3.8) is 0 Å². The Kier molecular flexibility index (Phi) is 9.05. The molecule has 0 fully saturated rings. The van der Waals surface area contributed by atoms with E-state index in [2.05, 4.69) is 21.1 Å². The predicted octanol–water partition coefficient (Wildman–Crippen LogP) is 4.54. The topological polar surface area (TPSA) is 236 Å². The maximum absolute atomic E-state index is 13.4. The van der Waals surface area contributed by atoms with E-state index in [1.807, 2.05) is 24.3 Å². The van der Waals surface area contributed by atoms with Crippen LogP contribution in [0.25, 0.3) is 23.3 Å². The molecule has 2 aliphatic carbocycles. The number of carbonyl (C=O) groups excluding carboxylic acids is 2. The van der Waals surface area contributed by atoms with Gasteiger partial charge in [-0.3, -0.25) is 29.5 Å². The summed E-state index contributed by atoms with van der Waals surface area (Å²) in [5, 5.41) is 8.46. The second kappa shape index (κ2) is 13.3. The molecule has 6 N–H and O–H groups in total. The van der Waals surface area contributed by atoms with Crippen molar-refractivity contribution in [3.05, 3.63) is 101 Å². The minimum Gasteiger partial charge on any atom is -0.494 e. The number of carbonyl (C=O) groups is 2. The minimum atomic E-state index is -5.09. The number of hydrogen-bond donors (Lipinski definition) is 5. The molecular formula is C34H27N5O10S2. The third kappa shape index (κ3) is 6.73. The van der Waals surface area contributed by atoms with Gasteiger partial charge in [-0.05, 0) is 59.2 Å². The highest BCUT2D eigenvalue weighted by atomic mass is 32.2. The Labute approximate surface area is 291 Å². The van der Waals surface area contributed by atoms with Crippen LogP contribution in [0.5, 0.6) is 11.5 Å². The van der Waals surface area contributed by atoms with E-state index in [0.29, 0.717) is 40.1 Å². The summed E-state index contributed by atoms with van der Waals surface area (Å²) in [6, 6.07) is 18.2. The first-order valence-corrected chi connectivity index (χ1v) is 17.6. The normalized spacial score (nSPS) is 15.5. The molecule has 6 rings (SSSR count). The zero-order valence-corrected chi connectivity index (χ0v) is 28.2. The Morgan fingerprint density at radius 2 is 1.29 bits per heavy atom. The lowest BCUT2D eigenvalue weighted by atomic mass is 9.93. The zero-order chi connectivity index (χ0) is 36.7. The number of nitrogens with two attached hydrogens (primary N) is 1. The summed E-state index contributed by atoms with van der Waals surface area (Å²) in [4.78, 5) is 23.9. The molecule has 0 saturated carbocycles. The molecule has 0 heterocycles. The quantitative estimate of drug-likeness (QED) is 0.0905. The van der Waals surface area contributed by atoms with Crippen LogP contribution in [-0.4, -0.2) is 63.2 Å². The van der Waals surface area contributed by atoms with Crippen LogP contribution in [0, 0.1) is 0 Å². The van der Waals surface area contributed by atoms with Gasteiger partial charge in [0.25, 0.3) is 20.2 Å². The highest BCUT2D eigenvalue weighted by molar-refractivity contribution is 7.86. The van der Waals surface area contributed by atoms with E-state index in [-0.39, 0.29) is 22.8 Å². The number of hydrazone groups is 2. The van der Waals surface area contributed by atoms with Gasteiger partial charge in [0.15, 0.2) is 0 Å². The Bertz CT molecular complexity index is 2510. The molecule has 0 aliphatic heterocycles. The van der Waals surface area contributed by atoms with Crippen molar-refractivity contribution in [1.29, 1.82) is 0 Å². The molecule has 0 atom stereocenters. The fraction of sp³-hybridized carbons (Fsp3) is 0.0588. The molecule has 0 radical (unpaired) electrons. The van der Waals surface area contributed by atoms with Crippen molar-refractivity contribution in [3.8, 4) is 22.6 Å². The Morgan fingerprint density at radius 1 is 0.706 bits per heavy atom. The van der Waals surface area contributed by atoms with E-state index in [1.165, 1.54) is 20.3 Å². The number of ether oxygens (including phenoxy) is 2. The number of hydrogen-bond acceptors (Lipinski definition) is 13. The van der Waals surface area contributed by atoms with Crippen LogP contribution >= 0.6 is 0 Å². The number of nitrogens with zero attached hydrogens (tertiary/aromatic N) is 2. The molecule has 15 nitrogen and oxygen atoms in total. The summed E-state index contributed by atoms with van der Waals surface area (Å²) >= 11 is 0. The summed E-state index contributed by atoms with van der Waals surface area (Å²) in [6.07, 6.45) is 5.46. The van der Waals surface area contributed by atoms with Gasteiger partial charge in [0.2, 0.25) is 11.6 Å². The Balaban J connectivity index is 1.26. The number of anilines is 3. The molecule has 51 heavy (non-hydrogen) atoms. The molecule has 0 amide bonds. The number of benzene rings is 4. The molecule has 0 bridgehead atoms. The molecule has 0 unspecified atom stereocenters. The summed E-state index contributed by atoms with van der Waals surface area (Å²) in [7, 11) is -7.22. The molecule has 4 aromatic carbocycles. The second-order valence-electron chi connectivity index (χ2n) is 11.0. The number of rotatable bonds is 9. The number of allylic oxidation sites excluding steroid dienone is 2. The van der Waals surface area contributed by atoms with Gasteiger partial charge in [0.1, 0.15) is 32.7 Å². The summed E-state index contributed by atoms with van der Waals surface area (Å²) in [5.41, 5.74) is 13.6. The first-order valence-electron chi connectivity index (χ1n) is 14.7.